The average Bonchev–Trinajstić information content (AvgIpc) is 3.27. The summed E-state index contributed by atoms with van der Waals surface area (Å²) in [5, 5.41) is 8.33. The Balaban J connectivity index is 1.46. The van der Waals surface area contributed by atoms with E-state index in [1.807, 2.05) is 18.2 Å². The smallest absolute Gasteiger partial charge is 0.272 e. The van der Waals surface area contributed by atoms with Gasteiger partial charge in [-0.25, -0.2) is 4.98 Å². The number of rotatable bonds is 9. The van der Waals surface area contributed by atoms with E-state index in [0.29, 0.717) is 42.6 Å². The lowest BCUT2D eigenvalue weighted by Crippen LogP contribution is -2.51. The number of carbonyl (C=O) groups is 4. The maximum absolute atomic E-state index is 13.2. The Morgan fingerprint density at radius 2 is 1.82 bits per heavy atom. The van der Waals surface area contributed by atoms with E-state index in [4.69, 9.17) is 0 Å². The topological polar surface area (TPSA) is 130 Å². The number of benzene rings is 1. The van der Waals surface area contributed by atoms with Crippen molar-refractivity contribution in [3.8, 4) is 0 Å². The lowest BCUT2D eigenvalue weighted by atomic mass is 9.84. The molecule has 0 radical (unpaired) electrons. The molecule has 1 aliphatic carbocycles. The van der Waals surface area contributed by atoms with Crippen LogP contribution >= 0.6 is 0 Å². The number of nitrogens with zero attached hydrogens (tertiary/aromatic N) is 2. The van der Waals surface area contributed by atoms with Crippen LogP contribution in [-0.2, 0) is 14.4 Å². The summed E-state index contributed by atoms with van der Waals surface area (Å²) in [5.41, 5.74) is 1.41. The predicted octanol–water partition coefficient (Wildman–Crippen LogP) is 1.91. The number of hydrogen-bond donors (Lipinski definition) is 3. The second-order valence-electron chi connectivity index (χ2n) is 9.27. The molecular formula is C25H31N5O4. The van der Waals surface area contributed by atoms with Crippen LogP contribution in [0.15, 0.2) is 30.5 Å². The Kier molecular flexibility index (Phi) is 7.82. The fourth-order valence-electron chi connectivity index (χ4n) is 4.89. The second kappa shape index (κ2) is 11.2. The third-order valence-electron chi connectivity index (χ3n) is 6.79. The van der Waals surface area contributed by atoms with Crippen LogP contribution in [-0.4, -0.2) is 52.6 Å². The van der Waals surface area contributed by atoms with E-state index in [2.05, 4.69) is 25.9 Å². The first-order chi connectivity index (χ1) is 16.5. The summed E-state index contributed by atoms with van der Waals surface area (Å²) in [5.74, 6) is -0.962. The molecule has 3 N–H and O–H groups in total. The van der Waals surface area contributed by atoms with Crippen molar-refractivity contribution < 1.29 is 19.2 Å². The first kappa shape index (κ1) is 23.8. The molecule has 2 fully saturated rings. The van der Waals surface area contributed by atoms with Gasteiger partial charge in [-0.2, -0.15) is 0 Å². The minimum atomic E-state index is -0.802. The first-order valence-electron chi connectivity index (χ1n) is 12.1. The molecule has 2 heterocycles. The van der Waals surface area contributed by atoms with Crippen LogP contribution in [0.1, 0.15) is 61.9 Å². The van der Waals surface area contributed by atoms with Gasteiger partial charge in [-0.1, -0.05) is 44.2 Å². The SMILES string of the molecule is O=C[C@H](CC1CCNC1=O)NC(=O)[C@H](CC1CCCCC1)NC(=O)c1cnc2ccccc2n1. The van der Waals surface area contributed by atoms with Crippen LogP contribution in [0.2, 0.25) is 0 Å². The fraction of sp³-hybridized carbons (Fsp3) is 0.520. The summed E-state index contributed by atoms with van der Waals surface area (Å²) in [4.78, 5) is 58.4. The number of fused-ring (bicyclic) bond motifs is 1. The summed E-state index contributed by atoms with van der Waals surface area (Å²) < 4.78 is 0. The van der Waals surface area contributed by atoms with Gasteiger partial charge in [-0.3, -0.25) is 19.4 Å². The normalized spacial score (nSPS) is 20.4. The van der Waals surface area contributed by atoms with E-state index in [0.717, 1.165) is 25.7 Å². The molecule has 3 atom stereocenters. The molecule has 1 aromatic heterocycles. The van der Waals surface area contributed by atoms with E-state index >= 15 is 0 Å². The number of amides is 3. The molecule has 1 aliphatic heterocycles. The van der Waals surface area contributed by atoms with Gasteiger partial charge in [0.05, 0.1) is 23.3 Å². The van der Waals surface area contributed by atoms with E-state index in [9.17, 15) is 19.2 Å². The van der Waals surface area contributed by atoms with Crippen LogP contribution in [0, 0.1) is 11.8 Å². The molecule has 1 aromatic carbocycles. The van der Waals surface area contributed by atoms with Crippen molar-refractivity contribution in [1.29, 1.82) is 0 Å². The maximum atomic E-state index is 13.2. The van der Waals surface area contributed by atoms with Gasteiger partial charge < -0.3 is 20.7 Å². The zero-order chi connectivity index (χ0) is 23.9. The van der Waals surface area contributed by atoms with Crippen molar-refractivity contribution in [3.05, 3.63) is 36.2 Å². The molecule has 0 bridgehead atoms. The van der Waals surface area contributed by atoms with Gasteiger partial charge in [-0.05, 0) is 37.3 Å². The van der Waals surface area contributed by atoms with E-state index in [-0.39, 0.29) is 23.9 Å². The molecule has 34 heavy (non-hydrogen) atoms. The largest absolute Gasteiger partial charge is 0.356 e. The molecule has 3 amide bonds. The highest BCUT2D eigenvalue weighted by Crippen LogP contribution is 2.27. The number of para-hydroxylation sites is 2. The molecule has 1 saturated carbocycles. The van der Waals surface area contributed by atoms with E-state index < -0.39 is 23.9 Å². The van der Waals surface area contributed by atoms with Gasteiger partial charge in [0.2, 0.25) is 11.8 Å². The molecule has 180 valence electrons. The minimum absolute atomic E-state index is 0.0944. The quantitative estimate of drug-likeness (QED) is 0.485. The lowest BCUT2D eigenvalue weighted by Gasteiger charge is -2.27. The van der Waals surface area contributed by atoms with Crippen LogP contribution in [0.3, 0.4) is 0 Å². The zero-order valence-corrected chi connectivity index (χ0v) is 19.2. The van der Waals surface area contributed by atoms with Crippen LogP contribution in [0.4, 0.5) is 0 Å². The molecular weight excluding hydrogens is 434 g/mol. The Bertz CT molecular complexity index is 1050. The van der Waals surface area contributed by atoms with Gasteiger partial charge in [-0.15, -0.1) is 0 Å². The van der Waals surface area contributed by atoms with E-state index in [1.54, 1.807) is 6.07 Å². The first-order valence-corrected chi connectivity index (χ1v) is 12.1. The summed E-state index contributed by atoms with van der Waals surface area (Å²) in [6.45, 7) is 0.580. The van der Waals surface area contributed by atoms with E-state index in [1.165, 1.54) is 12.6 Å². The molecule has 2 aromatic rings. The number of nitrogens with one attached hydrogen (secondary N) is 3. The molecule has 1 saturated heterocycles. The zero-order valence-electron chi connectivity index (χ0n) is 19.2. The molecule has 2 aliphatic rings. The third-order valence-corrected chi connectivity index (χ3v) is 6.79. The lowest BCUT2D eigenvalue weighted by molar-refractivity contribution is -0.127. The fourth-order valence-corrected chi connectivity index (χ4v) is 4.89. The molecule has 1 unspecified atom stereocenters. The summed E-state index contributed by atoms with van der Waals surface area (Å²) in [6.07, 6.45) is 8.87. The third kappa shape index (κ3) is 5.95. The van der Waals surface area contributed by atoms with Gasteiger partial charge in [0.15, 0.2) is 0 Å². The molecule has 0 spiro atoms. The highest BCUT2D eigenvalue weighted by atomic mass is 16.2. The van der Waals surface area contributed by atoms with Gasteiger partial charge in [0, 0.05) is 12.5 Å². The van der Waals surface area contributed by atoms with Gasteiger partial charge >= 0.3 is 0 Å². The van der Waals surface area contributed by atoms with Crippen molar-refractivity contribution in [2.75, 3.05) is 6.54 Å². The van der Waals surface area contributed by atoms with Crippen molar-refractivity contribution in [3.63, 3.8) is 0 Å². The number of aldehydes is 1. The monoisotopic (exact) mass is 465 g/mol. The average molecular weight is 466 g/mol. The van der Waals surface area contributed by atoms with Gasteiger partial charge in [0.1, 0.15) is 18.0 Å². The Morgan fingerprint density at radius 1 is 1.06 bits per heavy atom. The minimum Gasteiger partial charge on any atom is -0.356 e. The summed E-state index contributed by atoms with van der Waals surface area (Å²) in [6, 6.07) is 5.67. The number of carbonyl (C=O) groups excluding carboxylic acids is 4. The van der Waals surface area contributed by atoms with Crippen molar-refractivity contribution >= 4 is 35.0 Å². The van der Waals surface area contributed by atoms with Crippen molar-refractivity contribution in [2.45, 2.75) is 63.5 Å². The molecule has 4 rings (SSSR count). The highest BCUT2D eigenvalue weighted by Gasteiger charge is 2.31. The second-order valence-corrected chi connectivity index (χ2v) is 9.27. The van der Waals surface area contributed by atoms with Crippen LogP contribution in [0.25, 0.3) is 11.0 Å². The Hall–Kier alpha value is -3.36. The van der Waals surface area contributed by atoms with Gasteiger partial charge in [0.25, 0.3) is 5.91 Å². The molecule has 9 heteroatoms. The number of hydrogen-bond acceptors (Lipinski definition) is 6. The predicted molar refractivity (Wildman–Crippen MR) is 126 cm³/mol. The summed E-state index contributed by atoms with van der Waals surface area (Å²) in [7, 11) is 0. The summed E-state index contributed by atoms with van der Waals surface area (Å²) >= 11 is 0. The molecule has 9 nitrogen and oxygen atoms in total. The van der Waals surface area contributed by atoms with Crippen LogP contribution < -0.4 is 16.0 Å². The standard InChI is InChI=1S/C25H31N5O4/c31-15-18(13-17-10-11-26-23(17)32)28-24(33)21(12-16-6-2-1-3-7-16)30-25(34)22-14-27-19-8-4-5-9-20(19)29-22/h4-5,8-9,14-18,21H,1-3,6-7,10-13H2,(H,26,32)(H,28,33)(H,30,34)/t17?,18-,21-/m0/s1. The highest BCUT2D eigenvalue weighted by molar-refractivity contribution is 5.97. The Labute approximate surface area is 198 Å². The number of aromatic nitrogens is 2. The van der Waals surface area contributed by atoms with Crippen molar-refractivity contribution in [1.82, 2.24) is 25.9 Å². The Morgan fingerprint density at radius 3 is 2.53 bits per heavy atom. The maximum Gasteiger partial charge on any atom is 0.272 e. The van der Waals surface area contributed by atoms with Crippen LogP contribution in [0.5, 0.6) is 0 Å². The van der Waals surface area contributed by atoms with Crippen molar-refractivity contribution in [2.24, 2.45) is 11.8 Å².